The van der Waals surface area contributed by atoms with Gasteiger partial charge in [0.25, 0.3) is 0 Å². The van der Waals surface area contributed by atoms with Crippen LogP contribution in [0.1, 0.15) is 19.8 Å². The fourth-order valence-electron chi connectivity index (χ4n) is 1.43. The Bertz CT molecular complexity index is 293. The molecular formula is C10H16F3NO4. The van der Waals surface area contributed by atoms with Gasteiger partial charge in [-0.15, -0.1) is 0 Å². The average molecular weight is 271 g/mol. The maximum absolute atomic E-state index is 12.2. The summed E-state index contributed by atoms with van der Waals surface area (Å²) < 4.78 is 36.5. The number of rotatable bonds is 7. The number of carboxylic acids is 1. The first-order chi connectivity index (χ1) is 8.15. The normalized spacial score (nSPS) is 13.2. The largest absolute Gasteiger partial charge is 0.481 e. The van der Waals surface area contributed by atoms with Crippen molar-refractivity contribution in [2.75, 3.05) is 19.7 Å². The number of carbonyl (C=O) groups is 2. The zero-order valence-electron chi connectivity index (χ0n) is 9.90. The van der Waals surface area contributed by atoms with Crippen LogP contribution in [0.15, 0.2) is 0 Å². The minimum atomic E-state index is -4.54. The molecule has 1 unspecified atom stereocenters. The van der Waals surface area contributed by atoms with Crippen molar-refractivity contribution in [3.63, 3.8) is 0 Å². The lowest BCUT2D eigenvalue weighted by Crippen LogP contribution is -2.41. The summed E-state index contributed by atoms with van der Waals surface area (Å²) in [6.07, 6.45) is -5.12. The number of nitrogens with zero attached hydrogens (tertiary/aromatic N) is 1. The van der Waals surface area contributed by atoms with Crippen LogP contribution in [0, 0.1) is 5.92 Å². The van der Waals surface area contributed by atoms with Gasteiger partial charge in [-0.3, -0.25) is 9.59 Å². The minimum Gasteiger partial charge on any atom is -0.481 e. The van der Waals surface area contributed by atoms with Crippen molar-refractivity contribution in [1.29, 1.82) is 0 Å². The molecule has 0 aromatic rings. The molecule has 18 heavy (non-hydrogen) atoms. The zero-order valence-corrected chi connectivity index (χ0v) is 9.90. The molecule has 0 aliphatic heterocycles. The first-order valence-corrected chi connectivity index (χ1v) is 5.33. The smallest absolute Gasteiger partial charge is 0.406 e. The van der Waals surface area contributed by atoms with Crippen LogP contribution in [-0.4, -0.2) is 52.9 Å². The SMILES string of the molecule is CC(CC(=O)O)CC(=O)N(CCO)CC(F)(F)F. The molecule has 1 atom stereocenters. The summed E-state index contributed by atoms with van der Waals surface area (Å²) in [5.41, 5.74) is 0. The zero-order chi connectivity index (χ0) is 14.3. The van der Waals surface area contributed by atoms with Gasteiger partial charge >= 0.3 is 12.1 Å². The van der Waals surface area contributed by atoms with E-state index in [0.717, 1.165) is 0 Å². The van der Waals surface area contributed by atoms with Crippen LogP contribution in [0.25, 0.3) is 0 Å². The summed E-state index contributed by atoms with van der Waals surface area (Å²) in [7, 11) is 0. The van der Waals surface area contributed by atoms with Gasteiger partial charge in [-0.2, -0.15) is 13.2 Å². The lowest BCUT2D eigenvalue weighted by atomic mass is 10.0. The van der Waals surface area contributed by atoms with Gasteiger partial charge < -0.3 is 15.1 Å². The maximum atomic E-state index is 12.2. The van der Waals surface area contributed by atoms with Crippen LogP contribution in [0.3, 0.4) is 0 Å². The molecule has 8 heteroatoms. The quantitative estimate of drug-likeness (QED) is 0.720. The van der Waals surface area contributed by atoms with E-state index in [2.05, 4.69) is 0 Å². The molecule has 1 amide bonds. The molecule has 5 nitrogen and oxygen atoms in total. The maximum Gasteiger partial charge on any atom is 0.406 e. The van der Waals surface area contributed by atoms with Gasteiger partial charge in [0, 0.05) is 19.4 Å². The van der Waals surface area contributed by atoms with Crippen molar-refractivity contribution >= 4 is 11.9 Å². The van der Waals surface area contributed by atoms with E-state index in [9.17, 15) is 22.8 Å². The van der Waals surface area contributed by atoms with Gasteiger partial charge in [0.15, 0.2) is 0 Å². The highest BCUT2D eigenvalue weighted by molar-refractivity contribution is 5.77. The molecule has 0 fully saturated rings. The molecule has 0 rings (SSSR count). The Morgan fingerprint density at radius 3 is 2.22 bits per heavy atom. The molecule has 0 aromatic heterocycles. The van der Waals surface area contributed by atoms with Gasteiger partial charge in [-0.25, -0.2) is 0 Å². The molecule has 0 radical (unpaired) electrons. The highest BCUT2D eigenvalue weighted by Crippen LogP contribution is 2.18. The van der Waals surface area contributed by atoms with Crippen molar-refractivity contribution < 1.29 is 33.0 Å². The van der Waals surface area contributed by atoms with Crippen molar-refractivity contribution in [2.24, 2.45) is 5.92 Å². The van der Waals surface area contributed by atoms with Crippen LogP contribution < -0.4 is 0 Å². The third kappa shape index (κ3) is 7.88. The van der Waals surface area contributed by atoms with Gasteiger partial charge in [-0.1, -0.05) is 6.92 Å². The van der Waals surface area contributed by atoms with E-state index in [1.807, 2.05) is 0 Å². The minimum absolute atomic E-state index is 0.287. The number of carbonyl (C=O) groups excluding carboxylic acids is 1. The van der Waals surface area contributed by atoms with Gasteiger partial charge in [-0.05, 0) is 5.92 Å². The Balaban J connectivity index is 4.42. The monoisotopic (exact) mass is 271 g/mol. The predicted octanol–water partition coefficient (Wildman–Crippen LogP) is 0.870. The highest BCUT2D eigenvalue weighted by atomic mass is 19.4. The Labute approximate surface area is 102 Å². The van der Waals surface area contributed by atoms with Crippen molar-refractivity contribution in [1.82, 2.24) is 4.90 Å². The summed E-state index contributed by atoms with van der Waals surface area (Å²) in [5, 5.41) is 17.1. The average Bonchev–Trinajstić information content (AvgIpc) is 2.13. The highest BCUT2D eigenvalue weighted by Gasteiger charge is 2.33. The second-order valence-corrected chi connectivity index (χ2v) is 4.06. The summed E-state index contributed by atoms with van der Waals surface area (Å²) in [6.45, 7) is -0.962. The molecule has 0 bridgehead atoms. The molecule has 106 valence electrons. The molecule has 0 spiro atoms. The third-order valence-corrected chi connectivity index (χ3v) is 2.14. The Hall–Kier alpha value is -1.31. The van der Waals surface area contributed by atoms with E-state index >= 15 is 0 Å². The van der Waals surface area contributed by atoms with E-state index in [4.69, 9.17) is 10.2 Å². The van der Waals surface area contributed by atoms with Crippen LogP contribution in [0.2, 0.25) is 0 Å². The van der Waals surface area contributed by atoms with E-state index in [0.29, 0.717) is 4.90 Å². The third-order valence-electron chi connectivity index (χ3n) is 2.14. The Morgan fingerprint density at radius 1 is 1.28 bits per heavy atom. The van der Waals surface area contributed by atoms with Crippen molar-refractivity contribution in [3.05, 3.63) is 0 Å². The van der Waals surface area contributed by atoms with E-state index in [1.165, 1.54) is 6.92 Å². The van der Waals surface area contributed by atoms with Crippen LogP contribution >= 0.6 is 0 Å². The number of amides is 1. The molecule has 0 saturated carbocycles. The Kier molecular flexibility index (Phi) is 6.67. The van der Waals surface area contributed by atoms with Gasteiger partial charge in [0.1, 0.15) is 6.54 Å². The number of halogens is 3. The Morgan fingerprint density at radius 2 is 1.83 bits per heavy atom. The predicted molar refractivity (Wildman–Crippen MR) is 55.8 cm³/mol. The molecule has 2 N–H and O–H groups in total. The standard InChI is InChI=1S/C10H16F3NO4/c1-7(5-9(17)18)4-8(16)14(2-3-15)6-10(11,12)13/h7,15H,2-6H2,1H3,(H,17,18). The molecule has 0 saturated heterocycles. The molecular weight excluding hydrogens is 255 g/mol. The molecule has 0 heterocycles. The van der Waals surface area contributed by atoms with Crippen LogP contribution in [0.4, 0.5) is 13.2 Å². The summed E-state index contributed by atoms with van der Waals surface area (Å²) >= 11 is 0. The molecule has 0 aliphatic carbocycles. The van der Waals surface area contributed by atoms with Crippen LogP contribution in [-0.2, 0) is 9.59 Å². The lowest BCUT2D eigenvalue weighted by Gasteiger charge is -2.24. The number of carboxylic acid groups (broad SMARTS) is 1. The summed E-state index contributed by atoms with van der Waals surface area (Å²) in [6, 6.07) is 0. The summed E-state index contributed by atoms with van der Waals surface area (Å²) in [5.74, 6) is -2.47. The fourth-order valence-corrected chi connectivity index (χ4v) is 1.43. The fraction of sp³-hybridized carbons (Fsp3) is 0.800. The van der Waals surface area contributed by atoms with Crippen molar-refractivity contribution in [2.45, 2.75) is 25.9 Å². The number of hydrogen-bond donors (Lipinski definition) is 2. The van der Waals surface area contributed by atoms with E-state index in [1.54, 1.807) is 0 Å². The first kappa shape index (κ1) is 16.7. The number of aliphatic carboxylic acids is 1. The number of aliphatic hydroxyl groups excluding tert-OH is 1. The number of hydrogen-bond acceptors (Lipinski definition) is 3. The first-order valence-electron chi connectivity index (χ1n) is 5.33. The topological polar surface area (TPSA) is 77.8 Å². The molecule has 0 aromatic carbocycles. The summed E-state index contributed by atoms with van der Waals surface area (Å²) in [4.78, 5) is 22.4. The lowest BCUT2D eigenvalue weighted by molar-refractivity contribution is -0.162. The van der Waals surface area contributed by atoms with Crippen LogP contribution in [0.5, 0.6) is 0 Å². The van der Waals surface area contributed by atoms with Gasteiger partial charge in [0.05, 0.1) is 6.61 Å². The number of aliphatic hydroxyl groups is 1. The molecule has 0 aliphatic rings. The second-order valence-electron chi connectivity index (χ2n) is 4.06. The number of alkyl halides is 3. The van der Waals surface area contributed by atoms with Gasteiger partial charge in [0.2, 0.25) is 5.91 Å². The van der Waals surface area contributed by atoms with Crippen molar-refractivity contribution in [3.8, 4) is 0 Å². The van der Waals surface area contributed by atoms with E-state index < -0.39 is 43.7 Å². The van der Waals surface area contributed by atoms with E-state index in [-0.39, 0.29) is 12.8 Å². The second kappa shape index (κ2) is 7.20.